The van der Waals surface area contributed by atoms with Crippen molar-refractivity contribution in [2.45, 2.75) is 38.1 Å². The van der Waals surface area contributed by atoms with E-state index in [1.54, 1.807) is 6.92 Å². The lowest BCUT2D eigenvalue weighted by Crippen LogP contribution is -2.21. The summed E-state index contributed by atoms with van der Waals surface area (Å²) in [4.78, 5) is 0. The van der Waals surface area contributed by atoms with Crippen molar-refractivity contribution in [3.8, 4) is 0 Å². The predicted molar refractivity (Wildman–Crippen MR) is 57.3 cm³/mol. The molecule has 2 unspecified atom stereocenters. The molecular weight excluding hydrogens is 233 g/mol. The van der Waals surface area contributed by atoms with E-state index < -0.39 is 23.9 Å². The van der Waals surface area contributed by atoms with E-state index in [1.807, 2.05) is 0 Å². The van der Waals surface area contributed by atoms with E-state index in [0.29, 0.717) is 6.42 Å². The van der Waals surface area contributed by atoms with Gasteiger partial charge in [0, 0.05) is 0 Å². The molecule has 0 amide bonds. The third-order valence-electron chi connectivity index (χ3n) is 2.53. The number of rotatable bonds is 4. The summed E-state index contributed by atoms with van der Waals surface area (Å²) in [7, 11) is 0. The molecule has 2 nitrogen and oxygen atoms in total. The van der Waals surface area contributed by atoms with Crippen LogP contribution in [0.5, 0.6) is 0 Å². The molecule has 1 aromatic rings. The number of benzene rings is 1. The molecule has 0 saturated heterocycles. The number of hydrogen-bond acceptors (Lipinski definition) is 2. The van der Waals surface area contributed by atoms with Gasteiger partial charge in [0.05, 0.1) is 11.7 Å². The van der Waals surface area contributed by atoms with Gasteiger partial charge in [-0.15, -0.1) is 0 Å². The van der Waals surface area contributed by atoms with Gasteiger partial charge in [-0.3, -0.25) is 0 Å². The average molecular weight is 248 g/mol. The molecule has 5 heteroatoms. The monoisotopic (exact) mass is 248 g/mol. The van der Waals surface area contributed by atoms with E-state index in [9.17, 15) is 23.4 Å². The highest BCUT2D eigenvalue weighted by Gasteiger charge is 2.35. The molecular formula is C12H15F3O2. The zero-order chi connectivity index (χ0) is 13.1. The Balaban J connectivity index is 3.05. The summed E-state index contributed by atoms with van der Waals surface area (Å²) in [6.07, 6.45) is -6.36. The minimum absolute atomic E-state index is 0.257. The Morgan fingerprint density at radius 3 is 2.29 bits per heavy atom. The third-order valence-corrected chi connectivity index (χ3v) is 2.53. The Morgan fingerprint density at radius 2 is 1.76 bits per heavy atom. The maximum atomic E-state index is 12.7. The van der Waals surface area contributed by atoms with Crippen LogP contribution in [-0.2, 0) is 6.18 Å². The molecule has 2 N–H and O–H groups in total. The lowest BCUT2D eigenvalue weighted by molar-refractivity contribution is -0.140. The summed E-state index contributed by atoms with van der Waals surface area (Å²) in [6, 6.07) is 4.75. The first-order valence-electron chi connectivity index (χ1n) is 5.40. The largest absolute Gasteiger partial charge is 0.416 e. The Labute approximate surface area is 97.7 Å². The number of aliphatic hydroxyl groups is 2. The molecule has 0 spiro atoms. The van der Waals surface area contributed by atoms with Crippen molar-refractivity contribution in [2.75, 3.05) is 0 Å². The molecule has 0 saturated carbocycles. The Hall–Kier alpha value is -1.07. The van der Waals surface area contributed by atoms with Crippen molar-refractivity contribution in [1.29, 1.82) is 0 Å². The van der Waals surface area contributed by atoms with Crippen LogP contribution in [-0.4, -0.2) is 16.3 Å². The van der Waals surface area contributed by atoms with Gasteiger partial charge in [-0.25, -0.2) is 0 Å². The molecule has 0 aliphatic heterocycles. The van der Waals surface area contributed by atoms with Gasteiger partial charge in [-0.05, 0) is 18.1 Å². The van der Waals surface area contributed by atoms with Crippen LogP contribution >= 0.6 is 0 Å². The second kappa shape index (κ2) is 5.51. The van der Waals surface area contributed by atoms with E-state index in [2.05, 4.69) is 0 Å². The first-order valence-corrected chi connectivity index (χ1v) is 5.40. The van der Waals surface area contributed by atoms with Crippen LogP contribution < -0.4 is 0 Å². The maximum Gasteiger partial charge on any atom is 0.416 e. The van der Waals surface area contributed by atoms with Crippen LogP contribution in [0.4, 0.5) is 13.2 Å². The molecule has 0 aliphatic carbocycles. The Kier molecular flexibility index (Phi) is 4.54. The van der Waals surface area contributed by atoms with Crippen molar-refractivity contribution in [1.82, 2.24) is 0 Å². The van der Waals surface area contributed by atoms with Gasteiger partial charge < -0.3 is 10.2 Å². The molecule has 2 atom stereocenters. The normalized spacial score (nSPS) is 15.6. The number of halogens is 3. The highest BCUT2D eigenvalue weighted by molar-refractivity contribution is 5.32. The smallest absolute Gasteiger partial charge is 0.390 e. The van der Waals surface area contributed by atoms with Crippen LogP contribution in [0.25, 0.3) is 0 Å². The van der Waals surface area contributed by atoms with E-state index in [1.165, 1.54) is 18.2 Å². The SMILES string of the molecule is CCCC(O)C(O)c1ccccc1C(F)(F)F. The lowest BCUT2D eigenvalue weighted by Gasteiger charge is -2.21. The van der Waals surface area contributed by atoms with Crippen LogP contribution in [0, 0.1) is 0 Å². The minimum Gasteiger partial charge on any atom is -0.390 e. The van der Waals surface area contributed by atoms with Crippen LogP contribution in [0.2, 0.25) is 0 Å². The van der Waals surface area contributed by atoms with E-state index in [-0.39, 0.29) is 12.0 Å². The molecule has 0 aromatic heterocycles. The highest BCUT2D eigenvalue weighted by Crippen LogP contribution is 2.35. The number of aliphatic hydroxyl groups excluding tert-OH is 2. The summed E-state index contributed by atoms with van der Waals surface area (Å²) in [5.74, 6) is 0. The zero-order valence-corrected chi connectivity index (χ0v) is 9.41. The molecule has 0 radical (unpaired) electrons. The topological polar surface area (TPSA) is 40.5 Å². The summed E-state index contributed by atoms with van der Waals surface area (Å²) in [5, 5.41) is 19.3. The molecule has 1 aromatic carbocycles. The van der Waals surface area contributed by atoms with Gasteiger partial charge >= 0.3 is 6.18 Å². The fraction of sp³-hybridized carbons (Fsp3) is 0.500. The van der Waals surface area contributed by atoms with Gasteiger partial charge in [0.15, 0.2) is 0 Å². The fourth-order valence-electron chi connectivity index (χ4n) is 1.67. The highest BCUT2D eigenvalue weighted by atomic mass is 19.4. The molecule has 1 rings (SSSR count). The minimum atomic E-state index is -4.52. The zero-order valence-electron chi connectivity index (χ0n) is 9.41. The van der Waals surface area contributed by atoms with Crippen LogP contribution in [0.15, 0.2) is 24.3 Å². The van der Waals surface area contributed by atoms with Gasteiger partial charge in [0.2, 0.25) is 0 Å². The van der Waals surface area contributed by atoms with Crippen LogP contribution in [0.1, 0.15) is 37.0 Å². The van der Waals surface area contributed by atoms with Crippen LogP contribution in [0.3, 0.4) is 0 Å². The summed E-state index contributed by atoms with van der Waals surface area (Å²) < 4.78 is 38.0. The molecule has 0 aliphatic rings. The molecule has 17 heavy (non-hydrogen) atoms. The van der Waals surface area contributed by atoms with Crippen molar-refractivity contribution in [3.05, 3.63) is 35.4 Å². The predicted octanol–water partition coefficient (Wildman–Crippen LogP) is 2.90. The molecule has 96 valence electrons. The standard InChI is InChI=1S/C12H15F3O2/c1-2-5-10(16)11(17)8-6-3-4-7-9(8)12(13,14)15/h3-4,6-7,10-11,16-17H,2,5H2,1H3. The van der Waals surface area contributed by atoms with Gasteiger partial charge in [-0.2, -0.15) is 13.2 Å². The first-order chi connectivity index (χ1) is 7.88. The fourth-order valence-corrected chi connectivity index (χ4v) is 1.67. The Bertz CT molecular complexity index is 363. The van der Waals surface area contributed by atoms with Gasteiger partial charge in [-0.1, -0.05) is 31.5 Å². The van der Waals surface area contributed by atoms with E-state index >= 15 is 0 Å². The van der Waals surface area contributed by atoms with Crippen molar-refractivity contribution in [3.63, 3.8) is 0 Å². The second-order valence-electron chi connectivity index (χ2n) is 3.89. The Morgan fingerprint density at radius 1 is 1.18 bits per heavy atom. The average Bonchev–Trinajstić information content (AvgIpc) is 2.27. The van der Waals surface area contributed by atoms with Gasteiger partial charge in [0.25, 0.3) is 0 Å². The summed E-state index contributed by atoms with van der Waals surface area (Å²) in [5.41, 5.74) is -1.18. The summed E-state index contributed by atoms with van der Waals surface area (Å²) >= 11 is 0. The van der Waals surface area contributed by atoms with E-state index in [4.69, 9.17) is 0 Å². The molecule has 0 fully saturated rings. The molecule has 0 bridgehead atoms. The quantitative estimate of drug-likeness (QED) is 0.860. The first kappa shape index (κ1) is 14.0. The third kappa shape index (κ3) is 3.44. The van der Waals surface area contributed by atoms with Crippen molar-refractivity contribution >= 4 is 0 Å². The lowest BCUT2D eigenvalue weighted by atomic mass is 9.96. The summed E-state index contributed by atoms with van der Waals surface area (Å²) in [6.45, 7) is 1.78. The molecule has 0 heterocycles. The van der Waals surface area contributed by atoms with Gasteiger partial charge in [0.1, 0.15) is 6.10 Å². The number of hydrogen-bond donors (Lipinski definition) is 2. The van der Waals surface area contributed by atoms with Crippen molar-refractivity contribution < 1.29 is 23.4 Å². The second-order valence-corrected chi connectivity index (χ2v) is 3.89. The number of alkyl halides is 3. The maximum absolute atomic E-state index is 12.7. The van der Waals surface area contributed by atoms with Crippen molar-refractivity contribution in [2.24, 2.45) is 0 Å². The van der Waals surface area contributed by atoms with E-state index in [0.717, 1.165) is 6.07 Å².